The Kier molecular flexibility index (Phi) is 5.13. The SMILES string of the molecule is CCc1[nH]c2nc3sc(C)nc3nc2c(=O)c1N1CCN(C(=O)OC(C)(C)C)CC1. The average molecular weight is 431 g/mol. The summed E-state index contributed by atoms with van der Waals surface area (Å²) in [6, 6.07) is 0. The van der Waals surface area contributed by atoms with E-state index >= 15 is 0 Å². The number of aryl methyl sites for hydroxylation is 2. The number of nitrogens with zero attached hydrogens (tertiary/aromatic N) is 5. The molecule has 3 aromatic rings. The number of amides is 1. The van der Waals surface area contributed by atoms with Crippen LogP contribution in [0.1, 0.15) is 38.4 Å². The molecule has 160 valence electrons. The molecule has 3 aromatic heterocycles. The van der Waals surface area contributed by atoms with Gasteiger partial charge in [0.1, 0.15) is 11.3 Å². The molecule has 0 unspecified atom stereocenters. The zero-order valence-electron chi connectivity index (χ0n) is 17.9. The van der Waals surface area contributed by atoms with Crippen LogP contribution in [0.25, 0.3) is 21.6 Å². The van der Waals surface area contributed by atoms with Crippen molar-refractivity contribution in [2.75, 3.05) is 31.1 Å². The summed E-state index contributed by atoms with van der Waals surface area (Å²) < 4.78 is 5.46. The molecule has 0 radical (unpaired) electrons. The third-order valence-corrected chi connectivity index (χ3v) is 5.79. The van der Waals surface area contributed by atoms with Crippen LogP contribution in [0.15, 0.2) is 4.79 Å². The number of H-pyrrole nitrogens is 1. The summed E-state index contributed by atoms with van der Waals surface area (Å²) >= 11 is 1.46. The predicted octanol–water partition coefficient (Wildman–Crippen LogP) is 2.86. The number of aromatic amines is 1. The second kappa shape index (κ2) is 7.50. The maximum absolute atomic E-state index is 13.4. The van der Waals surface area contributed by atoms with Gasteiger partial charge in [-0.1, -0.05) is 18.3 Å². The highest BCUT2D eigenvalue weighted by Crippen LogP contribution is 2.24. The molecule has 0 aromatic carbocycles. The van der Waals surface area contributed by atoms with Gasteiger partial charge in [-0.3, -0.25) is 4.79 Å². The van der Waals surface area contributed by atoms with Crippen molar-refractivity contribution in [2.24, 2.45) is 0 Å². The third kappa shape index (κ3) is 3.83. The van der Waals surface area contributed by atoms with Gasteiger partial charge in [0.25, 0.3) is 0 Å². The topological polar surface area (TPSA) is 104 Å². The van der Waals surface area contributed by atoms with Gasteiger partial charge in [-0.15, -0.1) is 0 Å². The second-order valence-corrected chi connectivity index (χ2v) is 9.55. The van der Waals surface area contributed by atoms with Crippen molar-refractivity contribution >= 4 is 44.8 Å². The lowest BCUT2D eigenvalue weighted by atomic mass is 10.1. The molecule has 0 aliphatic carbocycles. The van der Waals surface area contributed by atoms with Gasteiger partial charge in [0.05, 0.1) is 5.01 Å². The zero-order valence-corrected chi connectivity index (χ0v) is 18.7. The second-order valence-electron chi connectivity index (χ2n) is 8.37. The van der Waals surface area contributed by atoms with E-state index < -0.39 is 5.60 Å². The number of piperazine rings is 1. The molecule has 4 rings (SSSR count). The molecule has 9 nitrogen and oxygen atoms in total. The Morgan fingerprint density at radius 2 is 1.87 bits per heavy atom. The quantitative estimate of drug-likeness (QED) is 0.666. The highest BCUT2D eigenvalue weighted by Gasteiger charge is 2.28. The molecule has 0 bridgehead atoms. The number of fused-ring (bicyclic) bond motifs is 2. The molecule has 10 heteroatoms. The van der Waals surface area contributed by atoms with Crippen LogP contribution in [0.3, 0.4) is 0 Å². The summed E-state index contributed by atoms with van der Waals surface area (Å²) in [6.45, 7) is 11.5. The van der Waals surface area contributed by atoms with E-state index in [0.717, 1.165) is 15.5 Å². The molecule has 1 saturated heterocycles. The number of nitrogens with one attached hydrogen (secondary N) is 1. The summed E-state index contributed by atoms with van der Waals surface area (Å²) in [5, 5.41) is 0.863. The van der Waals surface area contributed by atoms with E-state index in [9.17, 15) is 9.59 Å². The molecule has 1 aliphatic heterocycles. The van der Waals surface area contributed by atoms with Crippen molar-refractivity contribution in [1.82, 2.24) is 24.8 Å². The molecule has 1 aliphatic rings. The van der Waals surface area contributed by atoms with E-state index in [4.69, 9.17) is 4.74 Å². The van der Waals surface area contributed by atoms with Crippen LogP contribution in [0, 0.1) is 6.92 Å². The van der Waals surface area contributed by atoms with Crippen molar-refractivity contribution in [1.29, 1.82) is 0 Å². The number of anilines is 1. The van der Waals surface area contributed by atoms with Crippen LogP contribution in [-0.4, -0.2) is 62.7 Å². The van der Waals surface area contributed by atoms with Crippen molar-refractivity contribution in [3.63, 3.8) is 0 Å². The van der Waals surface area contributed by atoms with Gasteiger partial charge in [-0.25, -0.2) is 19.7 Å². The van der Waals surface area contributed by atoms with Crippen LogP contribution in [-0.2, 0) is 11.2 Å². The van der Waals surface area contributed by atoms with Crippen LogP contribution in [0.2, 0.25) is 0 Å². The maximum atomic E-state index is 13.4. The molecule has 0 saturated carbocycles. The smallest absolute Gasteiger partial charge is 0.410 e. The molecular formula is C20H26N6O3S. The van der Waals surface area contributed by atoms with Crippen molar-refractivity contribution in [3.05, 3.63) is 20.9 Å². The standard InChI is InChI=1S/C20H26N6O3S/c1-6-12-14(25-7-9-26(10-8-25)19(28)29-20(3,4)5)15(27)13-16(22-12)24-18-17(23-13)21-11(2)30-18/h6-10H2,1-5H3,(H,22,24,27). The lowest BCUT2D eigenvalue weighted by molar-refractivity contribution is 0.0240. The van der Waals surface area contributed by atoms with Crippen LogP contribution in [0.4, 0.5) is 10.5 Å². The number of thiazole rings is 1. The van der Waals surface area contributed by atoms with Gasteiger partial charge in [0, 0.05) is 31.9 Å². The molecule has 4 heterocycles. The van der Waals surface area contributed by atoms with E-state index in [2.05, 4.69) is 19.9 Å². The van der Waals surface area contributed by atoms with E-state index in [1.807, 2.05) is 39.5 Å². The fourth-order valence-electron chi connectivity index (χ4n) is 3.59. The van der Waals surface area contributed by atoms with E-state index in [1.54, 1.807) is 4.90 Å². The first-order chi connectivity index (χ1) is 14.2. The number of pyridine rings is 1. The van der Waals surface area contributed by atoms with Crippen molar-refractivity contribution in [3.8, 4) is 0 Å². The number of carbonyl (C=O) groups is 1. The van der Waals surface area contributed by atoms with Crippen LogP contribution >= 0.6 is 11.3 Å². The Labute approximate surface area is 178 Å². The summed E-state index contributed by atoms with van der Waals surface area (Å²) in [7, 11) is 0. The average Bonchev–Trinajstić information content (AvgIpc) is 3.04. The number of ether oxygens (including phenoxy) is 1. The number of carbonyl (C=O) groups excluding carboxylic acids is 1. The fraction of sp³-hybridized carbons (Fsp3) is 0.550. The Morgan fingerprint density at radius 1 is 1.17 bits per heavy atom. The number of hydrogen-bond acceptors (Lipinski definition) is 8. The maximum Gasteiger partial charge on any atom is 0.410 e. The molecular weight excluding hydrogens is 404 g/mol. The number of rotatable bonds is 2. The summed E-state index contributed by atoms with van der Waals surface area (Å²) in [6.07, 6.45) is 0.339. The van der Waals surface area contributed by atoms with Gasteiger partial charge in [-0.05, 0) is 34.1 Å². The summed E-state index contributed by atoms with van der Waals surface area (Å²) in [5.41, 5.74) is 2.05. The highest BCUT2D eigenvalue weighted by atomic mass is 32.1. The Bertz CT molecular complexity index is 1170. The van der Waals surface area contributed by atoms with Gasteiger partial charge >= 0.3 is 6.09 Å². The van der Waals surface area contributed by atoms with Crippen molar-refractivity contribution < 1.29 is 9.53 Å². The molecule has 1 fully saturated rings. The monoisotopic (exact) mass is 430 g/mol. The molecule has 30 heavy (non-hydrogen) atoms. The van der Waals surface area contributed by atoms with Crippen LogP contribution in [0.5, 0.6) is 0 Å². The highest BCUT2D eigenvalue weighted by molar-refractivity contribution is 7.18. The molecule has 0 atom stereocenters. The normalized spacial score (nSPS) is 15.2. The molecule has 1 N–H and O–H groups in total. The van der Waals surface area contributed by atoms with Gasteiger partial charge in [0.2, 0.25) is 5.43 Å². The minimum atomic E-state index is -0.531. The lowest BCUT2D eigenvalue weighted by Crippen LogP contribution is -2.51. The first kappa shape index (κ1) is 20.5. The van der Waals surface area contributed by atoms with E-state index in [0.29, 0.717) is 55.1 Å². The summed E-state index contributed by atoms with van der Waals surface area (Å²) in [4.78, 5) is 46.9. The minimum Gasteiger partial charge on any atom is -0.444 e. The largest absolute Gasteiger partial charge is 0.444 e. The minimum absolute atomic E-state index is 0.147. The van der Waals surface area contributed by atoms with Gasteiger partial charge < -0.3 is 19.5 Å². The van der Waals surface area contributed by atoms with Crippen LogP contribution < -0.4 is 10.3 Å². The fourth-order valence-corrected chi connectivity index (χ4v) is 4.32. The van der Waals surface area contributed by atoms with E-state index in [-0.39, 0.29) is 11.5 Å². The van der Waals surface area contributed by atoms with Gasteiger partial charge in [0.15, 0.2) is 21.6 Å². The number of aromatic nitrogens is 4. The predicted molar refractivity (Wildman–Crippen MR) is 117 cm³/mol. The molecule has 0 spiro atoms. The zero-order chi connectivity index (χ0) is 21.6. The molecule has 1 amide bonds. The van der Waals surface area contributed by atoms with Crippen molar-refractivity contribution in [2.45, 2.75) is 46.6 Å². The van der Waals surface area contributed by atoms with E-state index in [1.165, 1.54) is 11.3 Å². The number of hydrogen-bond donors (Lipinski definition) is 1. The lowest BCUT2D eigenvalue weighted by Gasteiger charge is -2.37. The third-order valence-electron chi connectivity index (χ3n) is 4.94. The Balaban J connectivity index is 1.65. The van der Waals surface area contributed by atoms with Gasteiger partial charge in [-0.2, -0.15) is 0 Å². The Hall–Kier alpha value is -2.75. The first-order valence-corrected chi connectivity index (χ1v) is 10.9. The first-order valence-electron chi connectivity index (χ1n) is 10.1. The summed E-state index contributed by atoms with van der Waals surface area (Å²) in [5.74, 6) is 0. The Morgan fingerprint density at radius 3 is 2.50 bits per heavy atom.